The van der Waals surface area contributed by atoms with E-state index < -0.39 is 26.5 Å². The van der Waals surface area contributed by atoms with Gasteiger partial charge in [-0.15, -0.1) is 0 Å². The minimum atomic E-state index is -4.38. The Kier molecular flexibility index (Phi) is 60.4. The second kappa shape index (κ2) is 61.2. The van der Waals surface area contributed by atoms with Crippen molar-refractivity contribution in [2.45, 2.75) is 373 Å². The van der Waals surface area contributed by atoms with E-state index in [2.05, 4.69) is 13.8 Å². The van der Waals surface area contributed by atoms with Crippen LogP contribution in [0.5, 0.6) is 0 Å². The highest BCUT2D eigenvalue weighted by atomic mass is 31.2. The fourth-order valence-corrected chi connectivity index (χ4v) is 11.1. The summed E-state index contributed by atoms with van der Waals surface area (Å²) in [4.78, 5) is 35.3. The lowest BCUT2D eigenvalue weighted by atomic mass is 10.0. The van der Waals surface area contributed by atoms with Gasteiger partial charge in [0, 0.05) is 19.4 Å². The summed E-state index contributed by atoms with van der Waals surface area (Å²) in [6, 6.07) is 0. The van der Waals surface area contributed by atoms with Gasteiger partial charge in [0.1, 0.15) is 6.61 Å². The zero-order chi connectivity index (χ0) is 53.8. The van der Waals surface area contributed by atoms with E-state index in [0.717, 1.165) is 32.1 Å². The van der Waals surface area contributed by atoms with E-state index >= 15 is 0 Å². The van der Waals surface area contributed by atoms with Crippen molar-refractivity contribution in [3.05, 3.63) is 0 Å². The Morgan fingerprint density at radius 2 is 0.581 bits per heavy atom. The Bertz CT molecular complexity index is 1170. The zero-order valence-electron chi connectivity index (χ0n) is 49.6. The average Bonchev–Trinajstić information content (AvgIpc) is 3.39. The third-order valence-electron chi connectivity index (χ3n) is 15.2. The lowest BCUT2D eigenvalue weighted by molar-refractivity contribution is -0.161. The fourth-order valence-electron chi connectivity index (χ4n) is 10.3. The summed E-state index contributed by atoms with van der Waals surface area (Å²) in [5.74, 6) is -0.799. The molecule has 0 spiro atoms. The first kappa shape index (κ1) is 73.0. The molecule has 0 aliphatic rings. The van der Waals surface area contributed by atoms with Crippen LogP contribution in [0.2, 0.25) is 0 Å². The molecule has 0 bridgehead atoms. The van der Waals surface area contributed by atoms with Crippen LogP contribution >= 0.6 is 7.82 Å². The largest absolute Gasteiger partial charge is 0.472 e. The SMILES string of the molecule is CCCCCCCCCCCCCCCCCCCCCCCCCCCCCCCCCCC(=O)OC(COC(=O)CCCCCCCCCCCCCCCCCCCCCCC)COP(=O)(O)OCCN. The molecule has 0 aromatic heterocycles. The molecular formula is C64H128NO8P. The molecule has 0 rings (SSSR count). The number of unbranched alkanes of at least 4 members (excludes halogenated alkanes) is 51. The molecule has 0 aliphatic carbocycles. The highest BCUT2D eigenvalue weighted by Gasteiger charge is 2.26. The molecule has 3 N–H and O–H groups in total. The number of carbonyl (C=O) groups excluding carboxylic acids is 2. The molecular weight excluding hydrogens is 942 g/mol. The predicted molar refractivity (Wildman–Crippen MR) is 317 cm³/mol. The van der Waals surface area contributed by atoms with Crippen molar-refractivity contribution >= 4 is 19.8 Å². The molecule has 9 nitrogen and oxygen atoms in total. The van der Waals surface area contributed by atoms with Gasteiger partial charge in [-0.3, -0.25) is 18.6 Å². The van der Waals surface area contributed by atoms with Crippen LogP contribution in [0.4, 0.5) is 0 Å². The molecule has 0 radical (unpaired) electrons. The zero-order valence-corrected chi connectivity index (χ0v) is 50.5. The van der Waals surface area contributed by atoms with Crippen LogP contribution in [-0.4, -0.2) is 49.3 Å². The maximum Gasteiger partial charge on any atom is 0.472 e. The van der Waals surface area contributed by atoms with Gasteiger partial charge in [0.2, 0.25) is 0 Å². The van der Waals surface area contributed by atoms with E-state index in [9.17, 15) is 19.0 Å². The second-order valence-electron chi connectivity index (χ2n) is 22.7. The molecule has 0 aromatic rings. The average molecular weight is 1070 g/mol. The number of nitrogens with two attached hydrogens (primary N) is 1. The number of rotatable bonds is 64. The van der Waals surface area contributed by atoms with Gasteiger partial charge in [0.15, 0.2) is 6.10 Å². The molecule has 74 heavy (non-hydrogen) atoms. The lowest BCUT2D eigenvalue weighted by Gasteiger charge is -2.19. The molecule has 2 unspecified atom stereocenters. The quantitative estimate of drug-likeness (QED) is 0.0347. The number of ether oxygens (including phenoxy) is 2. The highest BCUT2D eigenvalue weighted by Crippen LogP contribution is 2.43. The first-order valence-electron chi connectivity index (χ1n) is 33.0. The van der Waals surface area contributed by atoms with Crippen LogP contribution < -0.4 is 5.73 Å². The minimum absolute atomic E-state index is 0.0587. The molecule has 0 saturated carbocycles. The number of phosphoric acid groups is 1. The van der Waals surface area contributed by atoms with Crippen LogP contribution in [-0.2, 0) is 32.7 Å². The summed E-state index contributed by atoms with van der Waals surface area (Å²) in [5.41, 5.74) is 5.39. The number of phosphoric ester groups is 1. The van der Waals surface area contributed by atoms with Crippen molar-refractivity contribution in [2.24, 2.45) is 5.73 Å². The van der Waals surface area contributed by atoms with Gasteiger partial charge in [-0.05, 0) is 12.8 Å². The smallest absolute Gasteiger partial charge is 0.462 e. The molecule has 10 heteroatoms. The van der Waals surface area contributed by atoms with E-state index in [1.807, 2.05) is 0 Å². The Hall–Kier alpha value is -0.990. The molecule has 0 saturated heterocycles. The Morgan fingerprint density at radius 1 is 0.351 bits per heavy atom. The van der Waals surface area contributed by atoms with E-state index in [4.69, 9.17) is 24.3 Å². The summed E-state index contributed by atoms with van der Waals surface area (Å²) >= 11 is 0. The van der Waals surface area contributed by atoms with Crippen LogP contribution in [0.1, 0.15) is 367 Å². The third-order valence-corrected chi connectivity index (χ3v) is 16.2. The van der Waals surface area contributed by atoms with Gasteiger partial charge in [0.05, 0.1) is 13.2 Å². The fraction of sp³-hybridized carbons (Fsp3) is 0.969. The summed E-state index contributed by atoms with van der Waals surface area (Å²) in [6.45, 7) is 3.84. The Morgan fingerprint density at radius 3 is 0.824 bits per heavy atom. The molecule has 0 heterocycles. The molecule has 0 aromatic carbocycles. The maximum atomic E-state index is 12.7. The number of esters is 2. The summed E-state index contributed by atoms with van der Waals surface area (Å²) in [7, 11) is -4.38. The van der Waals surface area contributed by atoms with Crippen LogP contribution in [0.25, 0.3) is 0 Å². The highest BCUT2D eigenvalue weighted by molar-refractivity contribution is 7.47. The van der Waals surface area contributed by atoms with Crippen LogP contribution in [0, 0.1) is 0 Å². The van der Waals surface area contributed by atoms with E-state index in [1.54, 1.807) is 0 Å². The number of carbonyl (C=O) groups is 2. The molecule has 0 amide bonds. The first-order chi connectivity index (χ1) is 36.3. The summed E-state index contributed by atoms with van der Waals surface area (Å²) in [5, 5.41) is 0. The lowest BCUT2D eigenvalue weighted by Crippen LogP contribution is -2.29. The van der Waals surface area contributed by atoms with Crippen molar-refractivity contribution < 1.29 is 37.6 Å². The van der Waals surface area contributed by atoms with Crippen molar-refractivity contribution in [1.82, 2.24) is 0 Å². The number of hydrogen-bond donors (Lipinski definition) is 2. The minimum Gasteiger partial charge on any atom is -0.462 e. The van der Waals surface area contributed by atoms with Crippen LogP contribution in [0.3, 0.4) is 0 Å². The maximum absolute atomic E-state index is 12.7. The Labute approximate surface area is 460 Å². The first-order valence-corrected chi connectivity index (χ1v) is 34.5. The van der Waals surface area contributed by atoms with Crippen molar-refractivity contribution in [2.75, 3.05) is 26.4 Å². The monoisotopic (exact) mass is 1070 g/mol. The van der Waals surface area contributed by atoms with E-state index in [-0.39, 0.29) is 32.1 Å². The second-order valence-corrected chi connectivity index (χ2v) is 24.2. The van der Waals surface area contributed by atoms with Gasteiger partial charge >= 0.3 is 19.8 Å². The summed E-state index contributed by atoms with van der Waals surface area (Å²) < 4.78 is 33.1. The topological polar surface area (TPSA) is 134 Å². The van der Waals surface area contributed by atoms with Gasteiger partial charge in [-0.2, -0.15) is 0 Å². The van der Waals surface area contributed by atoms with Crippen molar-refractivity contribution in [1.29, 1.82) is 0 Å². The summed E-state index contributed by atoms with van der Waals surface area (Å²) in [6.07, 6.45) is 70.5. The third kappa shape index (κ3) is 60.2. The molecule has 0 fully saturated rings. The van der Waals surface area contributed by atoms with Crippen molar-refractivity contribution in [3.8, 4) is 0 Å². The standard InChI is InChI=1S/C64H128NO8P/c1-3-5-7-9-11-13-15-17-19-21-23-25-26-27-28-29-30-31-32-33-34-35-37-39-41-43-45-47-49-51-53-55-57-64(67)73-62(61-72-74(68,69)71-59-58-65)60-70-63(66)56-54-52-50-48-46-44-42-40-38-36-24-22-20-18-16-14-12-10-8-6-4-2/h62H,3-61,65H2,1-2H3,(H,68,69). The van der Waals surface area contributed by atoms with Crippen LogP contribution in [0.15, 0.2) is 0 Å². The molecule has 442 valence electrons. The number of hydrogen-bond acceptors (Lipinski definition) is 8. The van der Waals surface area contributed by atoms with Crippen molar-refractivity contribution in [3.63, 3.8) is 0 Å². The molecule has 0 aliphatic heterocycles. The molecule has 2 atom stereocenters. The van der Waals surface area contributed by atoms with Gasteiger partial charge in [0.25, 0.3) is 0 Å². The van der Waals surface area contributed by atoms with Gasteiger partial charge in [-0.25, -0.2) is 4.57 Å². The predicted octanol–water partition coefficient (Wildman–Crippen LogP) is 21.0. The van der Waals surface area contributed by atoms with E-state index in [0.29, 0.717) is 12.8 Å². The normalized spacial score (nSPS) is 12.9. The van der Waals surface area contributed by atoms with E-state index in [1.165, 1.54) is 302 Å². The van der Waals surface area contributed by atoms with Gasteiger partial charge < -0.3 is 20.1 Å². The van der Waals surface area contributed by atoms with Gasteiger partial charge in [-0.1, -0.05) is 341 Å². The Balaban J connectivity index is 3.80.